The molecule has 0 saturated carbocycles. The van der Waals surface area contributed by atoms with Gasteiger partial charge in [0.1, 0.15) is 0 Å². The highest BCUT2D eigenvalue weighted by atomic mass is 15.2. The molecule has 1 aliphatic rings. The Morgan fingerprint density at radius 1 is 1.43 bits per heavy atom. The maximum absolute atomic E-state index is 4.74. The summed E-state index contributed by atoms with van der Waals surface area (Å²) in [6.45, 7) is 8.00. The fraction of sp³-hybridized carbons (Fsp3) is 0.722. The van der Waals surface area contributed by atoms with Crippen molar-refractivity contribution in [3.63, 3.8) is 0 Å². The summed E-state index contributed by atoms with van der Waals surface area (Å²) in [5, 5.41) is 3.82. The van der Waals surface area contributed by atoms with Crippen molar-refractivity contribution in [2.24, 2.45) is 0 Å². The lowest BCUT2D eigenvalue weighted by Gasteiger charge is -2.45. The fourth-order valence-electron chi connectivity index (χ4n) is 3.43. The Kier molecular flexibility index (Phi) is 5.39. The van der Waals surface area contributed by atoms with Crippen molar-refractivity contribution >= 4 is 0 Å². The van der Waals surface area contributed by atoms with Gasteiger partial charge in [-0.25, -0.2) is 0 Å². The van der Waals surface area contributed by atoms with Gasteiger partial charge in [-0.2, -0.15) is 0 Å². The summed E-state index contributed by atoms with van der Waals surface area (Å²) in [6, 6.07) is 4.77. The Morgan fingerprint density at radius 3 is 2.86 bits per heavy atom. The number of rotatable bonds is 6. The second kappa shape index (κ2) is 6.89. The molecule has 1 aromatic rings. The molecule has 1 aromatic heterocycles. The van der Waals surface area contributed by atoms with Crippen LogP contribution in [0.3, 0.4) is 0 Å². The summed E-state index contributed by atoms with van der Waals surface area (Å²) < 4.78 is 0. The largest absolute Gasteiger partial charge is 0.312 e. The molecule has 3 heteroatoms. The quantitative estimate of drug-likeness (QED) is 0.871. The minimum atomic E-state index is 0.103. The van der Waals surface area contributed by atoms with Gasteiger partial charge in [0.15, 0.2) is 0 Å². The number of likely N-dealkylation sites (N-methyl/N-ethyl adjacent to an activating group) is 1. The number of nitrogens with zero attached hydrogens (tertiary/aromatic N) is 2. The zero-order chi connectivity index (χ0) is 15.5. The Bertz CT molecular complexity index is 454. The van der Waals surface area contributed by atoms with Crippen molar-refractivity contribution < 1.29 is 0 Å². The monoisotopic (exact) mass is 289 g/mol. The first-order valence-corrected chi connectivity index (χ1v) is 8.33. The molecule has 118 valence electrons. The van der Waals surface area contributed by atoms with Gasteiger partial charge in [-0.3, -0.25) is 4.98 Å². The second-order valence-electron chi connectivity index (χ2n) is 7.03. The van der Waals surface area contributed by atoms with Gasteiger partial charge in [-0.1, -0.05) is 13.0 Å². The minimum absolute atomic E-state index is 0.103. The van der Waals surface area contributed by atoms with Gasteiger partial charge in [0.2, 0.25) is 0 Å². The number of aryl methyl sites for hydroxylation is 1. The molecule has 0 amide bonds. The first-order chi connectivity index (χ1) is 9.98. The van der Waals surface area contributed by atoms with Crippen molar-refractivity contribution in [3.05, 3.63) is 29.6 Å². The molecule has 2 atom stereocenters. The lowest BCUT2D eigenvalue weighted by atomic mass is 9.74. The molecule has 2 rings (SSSR count). The van der Waals surface area contributed by atoms with Gasteiger partial charge in [0, 0.05) is 29.4 Å². The third kappa shape index (κ3) is 3.46. The van der Waals surface area contributed by atoms with E-state index in [0.29, 0.717) is 12.0 Å². The van der Waals surface area contributed by atoms with Crippen molar-refractivity contribution in [2.75, 3.05) is 20.6 Å². The molecule has 0 aliphatic heterocycles. The number of hydrogen-bond acceptors (Lipinski definition) is 3. The molecule has 2 unspecified atom stereocenters. The molecule has 0 spiro atoms. The van der Waals surface area contributed by atoms with E-state index in [1.165, 1.54) is 36.9 Å². The zero-order valence-electron chi connectivity index (χ0n) is 14.3. The Hall–Kier alpha value is -0.930. The standard InChI is InChI=1S/C18H31N3/c1-6-12-20-17(18(2,3)21(4)5)15-11-7-9-14-10-8-13-19-16(14)15/h8,10,13,15,17,20H,6-7,9,11-12H2,1-5H3. The SMILES string of the molecule is CCCNC(C1CCCc2cccnc21)C(C)(C)N(C)C. The highest BCUT2D eigenvalue weighted by Crippen LogP contribution is 2.37. The third-order valence-electron chi connectivity index (χ3n) is 5.17. The van der Waals surface area contributed by atoms with E-state index in [-0.39, 0.29) is 5.54 Å². The van der Waals surface area contributed by atoms with Crippen LogP contribution in [0.15, 0.2) is 18.3 Å². The molecule has 0 radical (unpaired) electrons. The molecule has 21 heavy (non-hydrogen) atoms. The summed E-state index contributed by atoms with van der Waals surface area (Å²) in [5.74, 6) is 0.513. The topological polar surface area (TPSA) is 28.2 Å². The molecule has 0 aromatic carbocycles. The summed E-state index contributed by atoms with van der Waals surface area (Å²) in [7, 11) is 4.37. The van der Waals surface area contributed by atoms with Gasteiger partial charge in [0.05, 0.1) is 0 Å². The van der Waals surface area contributed by atoms with Gasteiger partial charge >= 0.3 is 0 Å². The van der Waals surface area contributed by atoms with Gasteiger partial charge < -0.3 is 10.2 Å². The molecule has 1 N–H and O–H groups in total. The molecule has 1 aliphatic carbocycles. The van der Waals surface area contributed by atoms with E-state index in [1.54, 1.807) is 0 Å². The van der Waals surface area contributed by atoms with Crippen molar-refractivity contribution in [1.82, 2.24) is 15.2 Å². The maximum atomic E-state index is 4.74. The highest BCUT2D eigenvalue weighted by molar-refractivity contribution is 5.28. The maximum Gasteiger partial charge on any atom is 0.0482 e. The van der Waals surface area contributed by atoms with E-state index < -0.39 is 0 Å². The molecule has 3 nitrogen and oxygen atoms in total. The number of fused-ring (bicyclic) bond motifs is 1. The number of hydrogen-bond donors (Lipinski definition) is 1. The number of aromatic nitrogens is 1. The van der Waals surface area contributed by atoms with E-state index >= 15 is 0 Å². The Labute approximate surface area is 130 Å². The van der Waals surface area contributed by atoms with Crippen LogP contribution in [0.4, 0.5) is 0 Å². The Morgan fingerprint density at radius 2 is 2.19 bits per heavy atom. The first-order valence-electron chi connectivity index (χ1n) is 8.33. The van der Waals surface area contributed by atoms with Gasteiger partial charge in [-0.15, -0.1) is 0 Å². The van der Waals surface area contributed by atoms with E-state index in [0.717, 1.165) is 6.54 Å². The van der Waals surface area contributed by atoms with Crippen LogP contribution in [0.1, 0.15) is 57.2 Å². The van der Waals surface area contributed by atoms with Crippen LogP contribution in [0.5, 0.6) is 0 Å². The Balaban J connectivity index is 2.34. The van der Waals surface area contributed by atoms with Crippen LogP contribution < -0.4 is 5.32 Å². The van der Waals surface area contributed by atoms with Crippen LogP contribution in [-0.2, 0) is 6.42 Å². The molecule has 0 fully saturated rings. The average molecular weight is 289 g/mol. The lowest BCUT2D eigenvalue weighted by Crippen LogP contribution is -2.58. The lowest BCUT2D eigenvalue weighted by molar-refractivity contribution is 0.115. The number of nitrogens with one attached hydrogen (secondary N) is 1. The van der Waals surface area contributed by atoms with Crippen molar-refractivity contribution in [3.8, 4) is 0 Å². The van der Waals surface area contributed by atoms with E-state index in [1.807, 2.05) is 6.20 Å². The van der Waals surface area contributed by atoms with Gasteiger partial charge in [0.25, 0.3) is 0 Å². The average Bonchev–Trinajstić information content (AvgIpc) is 2.47. The van der Waals surface area contributed by atoms with Crippen LogP contribution in [0.2, 0.25) is 0 Å². The summed E-state index contributed by atoms with van der Waals surface area (Å²) in [4.78, 5) is 7.09. The molecular formula is C18H31N3. The third-order valence-corrected chi connectivity index (χ3v) is 5.17. The van der Waals surface area contributed by atoms with Crippen molar-refractivity contribution in [2.45, 2.75) is 64.0 Å². The van der Waals surface area contributed by atoms with E-state index in [2.05, 4.69) is 57.2 Å². The normalized spacial score (nSPS) is 20.4. The molecular weight excluding hydrogens is 258 g/mol. The van der Waals surface area contributed by atoms with Crippen LogP contribution in [-0.4, -0.2) is 42.1 Å². The minimum Gasteiger partial charge on any atom is -0.312 e. The van der Waals surface area contributed by atoms with Gasteiger partial charge in [-0.05, 0) is 71.8 Å². The van der Waals surface area contributed by atoms with Crippen LogP contribution in [0, 0.1) is 0 Å². The highest BCUT2D eigenvalue weighted by Gasteiger charge is 2.39. The number of pyridine rings is 1. The zero-order valence-corrected chi connectivity index (χ0v) is 14.3. The molecule has 0 bridgehead atoms. The van der Waals surface area contributed by atoms with E-state index in [9.17, 15) is 0 Å². The van der Waals surface area contributed by atoms with Crippen LogP contribution >= 0.6 is 0 Å². The predicted octanol–water partition coefficient (Wildman–Crippen LogP) is 3.21. The van der Waals surface area contributed by atoms with Crippen LogP contribution in [0.25, 0.3) is 0 Å². The second-order valence-corrected chi connectivity index (χ2v) is 7.03. The molecule has 0 saturated heterocycles. The van der Waals surface area contributed by atoms with Crippen molar-refractivity contribution in [1.29, 1.82) is 0 Å². The van der Waals surface area contributed by atoms with E-state index in [4.69, 9.17) is 4.98 Å². The molecule has 1 heterocycles. The predicted molar refractivity (Wildman–Crippen MR) is 89.8 cm³/mol. The summed E-state index contributed by atoms with van der Waals surface area (Å²) >= 11 is 0. The summed E-state index contributed by atoms with van der Waals surface area (Å²) in [6.07, 6.45) is 6.82. The smallest absolute Gasteiger partial charge is 0.0482 e. The fourth-order valence-corrected chi connectivity index (χ4v) is 3.43. The summed E-state index contributed by atoms with van der Waals surface area (Å²) in [5.41, 5.74) is 2.88. The first kappa shape index (κ1) is 16.4.